The quantitative estimate of drug-likeness (QED) is 0.187. The Morgan fingerprint density at radius 3 is 2.42 bits per heavy atom. The minimum Gasteiger partial charge on any atom is -0.389 e. The number of benzene rings is 2. The molecule has 5 nitrogen and oxygen atoms in total. The molecule has 43 heavy (non-hydrogen) atoms. The van der Waals surface area contributed by atoms with Gasteiger partial charge in [-0.3, -0.25) is 0 Å². The third-order valence-corrected chi connectivity index (χ3v) is 8.82. The molecule has 2 aromatic rings. The zero-order valence-electron chi connectivity index (χ0n) is 27.2. The average Bonchev–Trinajstić information content (AvgIpc) is 3.30. The largest absolute Gasteiger partial charge is 0.389 e. The summed E-state index contributed by atoms with van der Waals surface area (Å²) < 4.78 is 0. The Kier molecular flexibility index (Phi) is 10.8. The van der Waals surface area contributed by atoms with E-state index in [-0.39, 0.29) is 6.04 Å². The van der Waals surface area contributed by atoms with E-state index in [4.69, 9.17) is 0 Å². The summed E-state index contributed by atoms with van der Waals surface area (Å²) in [6, 6.07) is 11.7. The second kappa shape index (κ2) is 14.5. The predicted octanol–water partition coefficient (Wildman–Crippen LogP) is 7.88. The van der Waals surface area contributed by atoms with E-state index >= 15 is 0 Å². The number of nitrogens with zero attached hydrogens (tertiary/aromatic N) is 2. The van der Waals surface area contributed by atoms with Crippen molar-refractivity contribution in [3.63, 3.8) is 0 Å². The van der Waals surface area contributed by atoms with E-state index in [0.29, 0.717) is 0 Å². The number of rotatable bonds is 15. The molecule has 1 fully saturated rings. The maximum Gasteiger partial charge on any atom is 0.0693 e. The first-order valence-electron chi connectivity index (χ1n) is 16.0. The molecule has 2 aliphatic rings. The first-order valence-corrected chi connectivity index (χ1v) is 16.0. The van der Waals surface area contributed by atoms with Gasteiger partial charge in [0.2, 0.25) is 0 Å². The lowest BCUT2D eigenvalue weighted by atomic mass is 9.90. The van der Waals surface area contributed by atoms with E-state index in [1.165, 1.54) is 51.9 Å². The van der Waals surface area contributed by atoms with Crippen molar-refractivity contribution in [3.05, 3.63) is 108 Å². The highest BCUT2D eigenvalue weighted by molar-refractivity contribution is 5.82. The zero-order valence-corrected chi connectivity index (χ0v) is 27.2. The topological polar surface area (TPSA) is 42.6 Å². The van der Waals surface area contributed by atoms with Gasteiger partial charge in [0.05, 0.1) is 6.04 Å². The van der Waals surface area contributed by atoms with Crippen LogP contribution in [0.4, 0.5) is 5.69 Å². The fourth-order valence-electron chi connectivity index (χ4n) is 6.45. The van der Waals surface area contributed by atoms with Crippen LogP contribution in [0.3, 0.4) is 0 Å². The molecule has 0 aliphatic carbocycles. The normalized spacial score (nSPS) is 16.1. The van der Waals surface area contributed by atoms with Crippen molar-refractivity contribution < 1.29 is 0 Å². The fraction of sp³-hybridized carbons (Fsp3) is 0.421. The summed E-state index contributed by atoms with van der Waals surface area (Å²) in [6.07, 6.45) is 8.40. The van der Waals surface area contributed by atoms with Crippen molar-refractivity contribution in [1.82, 2.24) is 20.9 Å². The first-order chi connectivity index (χ1) is 20.6. The second-order valence-corrected chi connectivity index (χ2v) is 12.4. The lowest BCUT2D eigenvalue weighted by molar-refractivity contribution is 0.297. The lowest BCUT2D eigenvalue weighted by Gasteiger charge is -2.36. The van der Waals surface area contributed by atoms with Gasteiger partial charge in [0.1, 0.15) is 0 Å². The molecule has 3 N–H and O–H groups in total. The number of piperidine rings is 1. The molecule has 2 aromatic carbocycles. The van der Waals surface area contributed by atoms with E-state index in [0.717, 1.165) is 86.6 Å². The Bertz CT molecular complexity index is 1380. The van der Waals surface area contributed by atoms with Gasteiger partial charge in [-0.2, -0.15) is 0 Å². The minimum absolute atomic E-state index is 0.226. The van der Waals surface area contributed by atoms with Crippen LogP contribution >= 0.6 is 0 Å². The Labute approximate surface area is 261 Å². The Balaban J connectivity index is 1.48. The number of unbranched alkanes of at least 4 members (excludes halogenated alkanes) is 2. The highest BCUT2D eigenvalue weighted by atomic mass is 15.2. The smallest absolute Gasteiger partial charge is 0.0693 e. The summed E-state index contributed by atoms with van der Waals surface area (Å²) >= 11 is 0. The van der Waals surface area contributed by atoms with Gasteiger partial charge in [-0.25, -0.2) is 0 Å². The summed E-state index contributed by atoms with van der Waals surface area (Å²) in [5.74, 6) is 0. The van der Waals surface area contributed by atoms with E-state index in [9.17, 15) is 0 Å². The van der Waals surface area contributed by atoms with Gasteiger partial charge in [-0.05, 0) is 92.2 Å². The van der Waals surface area contributed by atoms with Crippen LogP contribution in [0.1, 0.15) is 74.6 Å². The molecule has 0 radical (unpaired) electrons. The molecule has 2 aliphatic heterocycles. The Morgan fingerprint density at radius 1 is 1.02 bits per heavy atom. The Hall–Kier alpha value is -3.86. The molecular formula is C38H53N5. The van der Waals surface area contributed by atoms with Gasteiger partial charge in [-0.1, -0.05) is 64.1 Å². The molecule has 230 valence electrons. The summed E-state index contributed by atoms with van der Waals surface area (Å²) in [7, 11) is 4.32. The number of anilines is 1. The van der Waals surface area contributed by atoms with Gasteiger partial charge in [0.25, 0.3) is 0 Å². The van der Waals surface area contributed by atoms with E-state index in [1.807, 2.05) is 6.92 Å². The third kappa shape index (κ3) is 7.76. The van der Waals surface area contributed by atoms with Crippen molar-refractivity contribution in [2.75, 3.05) is 32.1 Å². The van der Waals surface area contributed by atoms with E-state index in [2.05, 4.69) is 110 Å². The van der Waals surface area contributed by atoms with Crippen LogP contribution in [0.15, 0.2) is 86.0 Å². The van der Waals surface area contributed by atoms with Gasteiger partial charge in [0.15, 0.2) is 0 Å². The van der Waals surface area contributed by atoms with Crippen molar-refractivity contribution in [3.8, 4) is 11.1 Å². The molecule has 0 saturated carbocycles. The number of hydrogen-bond acceptors (Lipinski definition) is 5. The van der Waals surface area contributed by atoms with Crippen molar-refractivity contribution >= 4 is 11.4 Å². The third-order valence-electron chi connectivity index (χ3n) is 8.82. The molecule has 0 amide bonds. The van der Waals surface area contributed by atoms with Gasteiger partial charge < -0.3 is 25.8 Å². The van der Waals surface area contributed by atoms with E-state index in [1.54, 1.807) is 0 Å². The standard InChI is InChI=1S/C38H53N5/c1-10-31-23-32(24-38(42(8)9)35(31)19-17-27(4)40-22-13-11-12-21-39-26(2)3)34-16-14-15-33-30(7)43(25-36(33)34)37-20-18-28(5)41-29(37)6/h14-16,23-24,37,39-41H,2,4-7,10-13,17-22,25H2,1,3,8-9H3. The van der Waals surface area contributed by atoms with Crippen LogP contribution in [0.2, 0.25) is 0 Å². The van der Waals surface area contributed by atoms with Crippen LogP contribution in [-0.4, -0.2) is 38.1 Å². The number of fused-ring (bicyclic) bond motifs is 1. The van der Waals surface area contributed by atoms with Gasteiger partial charge >= 0.3 is 0 Å². The molecule has 1 unspecified atom stereocenters. The first kappa shape index (κ1) is 32.1. The van der Waals surface area contributed by atoms with Crippen LogP contribution in [0.25, 0.3) is 16.8 Å². The number of hydrogen-bond donors (Lipinski definition) is 3. The molecule has 0 spiro atoms. The summed E-state index contributed by atoms with van der Waals surface area (Å²) in [4.78, 5) is 4.70. The minimum atomic E-state index is 0.226. The summed E-state index contributed by atoms with van der Waals surface area (Å²) in [6.45, 7) is 28.3. The molecule has 1 atom stereocenters. The molecule has 2 heterocycles. The summed E-state index contributed by atoms with van der Waals surface area (Å²) in [5.41, 5.74) is 14.6. The fourth-order valence-corrected chi connectivity index (χ4v) is 6.45. The van der Waals surface area contributed by atoms with Crippen molar-refractivity contribution in [2.45, 2.75) is 77.8 Å². The average molecular weight is 580 g/mol. The highest BCUT2D eigenvalue weighted by Crippen LogP contribution is 2.43. The van der Waals surface area contributed by atoms with Gasteiger partial charge in [-0.15, -0.1) is 0 Å². The SMILES string of the molecule is C=C(C)NCCCCCNC(=C)CCc1c(CC)cc(-c2cccc3c2CN(C2CCC(=C)NC2=C)C3=C)cc1N(C)C. The maximum absolute atomic E-state index is 4.53. The van der Waals surface area contributed by atoms with Gasteiger partial charge in [0, 0.05) is 73.5 Å². The molecule has 5 heteroatoms. The Morgan fingerprint density at radius 2 is 1.74 bits per heavy atom. The highest BCUT2D eigenvalue weighted by Gasteiger charge is 2.33. The maximum atomic E-state index is 4.53. The monoisotopic (exact) mass is 579 g/mol. The van der Waals surface area contributed by atoms with Crippen LogP contribution in [0.5, 0.6) is 0 Å². The molecule has 0 aromatic heterocycles. The number of allylic oxidation sites excluding steroid dienone is 3. The van der Waals surface area contributed by atoms with Crippen LogP contribution in [0, 0.1) is 0 Å². The number of nitrogens with one attached hydrogen (secondary N) is 3. The number of aryl methyl sites for hydroxylation is 1. The predicted molar refractivity (Wildman–Crippen MR) is 187 cm³/mol. The zero-order chi connectivity index (χ0) is 31.1. The summed E-state index contributed by atoms with van der Waals surface area (Å²) in [5, 5.41) is 10.3. The van der Waals surface area contributed by atoms with Crippen LogP contribution < -0.4 is 20.9 Å². The van der Waals surface area contributed by atoms with Crippen LogP contribution in [-0.2, 0) is 19.4 Å². The second-order valence-electron chi connectivity index (χ2n) is 12.4. The van der Waals surface area contributed by atoms with Crippen molar-refractivity contribution in [1.29, 1.82) is 0 Å². The molecular weight excluding hydrogens is 526 g/mol. The molecule has 4 rings (SSSR count). The van der Waals surface area contributed by atoms with E-state index < -0.39 is 0 Å². The van der Waals surface area contributed by atoms with Crippen molar-refractivity contribution in [2.24, 2.45) is 0 Å². The lowest BCUT2D eigenvalue weighted by Crippen LogP contribution is -2.39. The molecule has 1 saturated heterocycles. The molecule has 0 bridgehead atoms.